The fraction of sp³-hybridized carbons (Fsp3) is 0.636. The number of carbonyl (C=O) groups excluding carboxylic acids is 1. The second-order valence-electron chi connectivity index (χ2n) is 3.98. The minimum Gasteiger partial charge on any atom is -0.396 e. The zero-order valence-electron chi connectivity index (χ0n) is 10.8. The molecule has 0 bridgehead atoms. The van der Waals surface area contributed by atoms with Gasteiger partial charge in [-0.05, 0) is 20.1 Å². The molecule has 96 valence electrons. The Labute approximate surface area is 106 Å². The van der Waals surface area contributed by atoms with E-state index in [1.54, 1.807) is 28.4 Å². The molecule has 1 heterocycles. The first-order valence-electron chi connectivity index (χ1n) is 5.60. The van der Waals surface area contributed by atoms with E-state index in [0.29, 0.717) is 17.9 Å². The van der Waals surface area contributed by atoms with E-state index in [1.165, 1.54) is 6.20 Å². The fourth-order valence-corrected chi connectivity index (χ4v) is 2.30. The molecule has 0 aliphatic heterocycles. The lowest BCUT2D eigenvalue weighted by Gasteiger charge is -2.24. The van der Waals surface area contributed by atoms with Crippen LogP contribution in [0.25, 0.3) is 0 Å². The molecule has 1 unspecified atom stereocenters. The van der Waals surface area contributed by atoms with Gasteiger partial charge in [0.15, 0.2) is 0 Å². The highest BCUT2D eigenvalue weighted by Crippen LogP contribution is 2.15. The van der Waals surface area contributed by atoms with Gasteiger partial charge in [0.05, 0.1) is 11.9 Å². The SMILES string of the molecule is CCn1ncc(N)c1C(=O)N(C)C(C)CSC. The standard InChI is InChI=1S/C11H20N4OS/c1-5-15-10(9(12)6-13-15)11(16)14(3)8(2)7-17-4/h6,8H,5,7,12H2,1-4H3. The van der Waals surface area contributed by atoms with Crippen LogP contribution in [0.1, 0.15) is 24.3 Å². The van der Waals surface area contributed by atoms with Crippen molar-refractivity contribution in [3.05, 3.63) is 11.9 Å². The molecule has 0 radical (unpaired) electrons. The molecular weight excluding hydrogens is 236 g/mol. The Balaban J connectivity index is 2.91. The van der Waals surface area contributed by atoms with Crippen LogP contribution in [0, 0.1) is 0 Å². The summed E-state index contributed by atoms with van der Waals surface area (Å²) in [5, 5.41) is 4.08. The van der Waals surface area contributed by atoms with Crippen LogP contribution >= 0.6 is 11.8 Å². The predicted octanol–water partition coefficient (Wildman–Crippen LogP) is 1.31. The van der Waals surface area contributed by atoms with Gasteiger partial charge in [0.25, 0.3) is 5.91 Å². The van der Waals surface area contributed by atoms with E-state index in [-0.39, 0.29) is 11.9 Å². The maximum absolute atomic E-state index is 12.3. The van der Waals surface area contributed by atoms with Gasteiger partial charge in [-0.3, -0.25) is 9.48 Å². The molecule has 1 rings (SSSR count). The van der Waals surface area contributed by atoms with Crippen molar-refractivity contribution in [1.29, 1.82) is 0 Å². The normalized spacial score (nSPS) is 12.5. The Morgan fingerprint density at radius 3 is 2.88 bits per heavy atom. The van der Waals surface area contributed by atoms with E-state index in [2.05, 4.69) is 5.10 Å². The van der Waals surface area contributed by atoms with Gasteiger partial charge in [-0.1, -0.05) is 0 Å². The van der Waals surface area contributed by atoms with E-state index in [1.807, 2.05) is 20.1 Å². The molecule has 0 aliphatic rings. The number of nitrogen functional groups attached to an aromatic ring is 1. The van der Waals surface area contributed by atoms with Crippen LogP contribution in [0.4, 0.5) is 5.69 Å². The number of amides is 1. The molecule has 5 nitrogen and oxygen atoms in total. The molecule has 0 spiro atoms. The van der Waals surface area contributed by atoms with Crippen molar-refractivity contribution in [3.63, 3.8) is 0 Å². The lowest BCUT2D eigenvalue weighted by molar-refractivity contribution is 0.0746. The summed E-state index contributed by atoms with van der Waals surface area (Å²) in [4.78, 5) is 14.0. The summed E-state index contributed by atoms with van der Waals surface area (Å²) >= 11 is 1.72. The van der Waals surface area contributed by atoms with Crippen molar-refractivity contribution in [2.45, 2.75) is 26.4 Å². The molecule has 17 heavy (non-hydrogen) atoms. The Hall–Kier alpha value is -1.17. The smallest absolute Gasteiger partial charge is 0.274 e. The minimum atomic E-state index is -0.0663. The number of aryl methyl sites for hydroxylation is 1. The third-order valence-corrected chi connectivity index (χ3v) is 3.57. The Kier molecular flexibility index (Phi) is 4.86. The first-order valence-corrected chi connectivity index (χ1v) is 6.99. The van der Waals surface area contributed by atoms with Crippen molar-refractivity contribution in [2.75, 3.05) is 24.8 Å². The van der Waals surface area contributed by atoms with E-state index in [0.717, 1.165) is 5.75 Å². The number of hydrogen-bond acceptors (Lipinski definition) is 4. The van der Waals surface area contributed by atoms with Gasteiger partial charge in [0.1, 0.15) is 5.69 Å². The molecule has 0 fully saturated rings. The van der Waals surface area contributed by atoms with Crippen LogP contribution in [0.2, 0.25) is 0 Å². The molecule has 0 saturated heterocycles. The molecule has 2 N–H and O–H groups in total. The van der Waals surface area contributed by atoms with Gasteiger partial charge in [-0.2, -0.15) is 16.9 Å². The predicted molar refractivity (Wildman–Crippen MR) is 72.3 cm³/mol. The number of anilines is 1. The minimum absolute atomic E-state index is 0.0663. The van der Waals surface area contributed by atoms with E-state index >= 15 is 0 Å². The molecule has 1 amide bonds. The summed E-state index contributed by atoms with van der Waals surface area (Å²) in [7, 11) is 1.80. The largest absolute Gasteiger partial charge is 0.396 e. The van der Waals surface area contributed by atoms with Gasteiger partial charge in [0.2, 0.25) is 0 Å². The van der Waals surface area contributed by atoms with Crippen LogP contribution in [-0.2, 0) is 6.54 Å². The van der Waals surface area contributed by atoms with Crippen molar-refractivity contribution in [2.24, 2.45) is 0 Å². The highest BCUT2D eigenvalue weighted by atomic mass is 32.2. The fourth-order valence-electron chi connectivity index (χ4n) is 1.59. The van der Waals surface area contributed by atoms with Crippen LogP contribution in [0.15, 0.2) is 6.20 Å². The number of nitrogens with two attached hydrogens (primary N) is 1. The van der Waals surface area contributed by atoms with Gasteiger partial charge in [-0.15, -0.1) is 0 Å². The molecule has 0 aromatic carbocycles. The Morgan fingerprint density at radius 1 is 1.71 bits per heavy atom. The molecule has 1 aromatic rings. The van der Waals surface area contributed by atoms with Gasteiger partial charge < -0.3 is 10.6 Å². The van der Waals surface area contributed by atoms with E-state index < -0.39 is 0 Å². The average Bonchev–Trinajstić information content (AvgIpc) is 2.68. The number of nitrogens with zero attached hydrogens (tertiary/aromatic N) is 3. The third-order valence-electron chi connectivity index (χ3n) is 2.76. The second-order valence-corrected chi connectivity index (χ2v) is 4.90. The molecule has 0 aliphatic carbocycles. The van der Waals surface area contributed by atoms with E-state index in [9.17, 15) is 4.79 Å². The summed E-state index contributed by atoms with van der Waals surface area (Å²) in [5.74, 6) is 0.839. The molecule has 6 heteroatoms. The first kappa shape index (κ1) is 13.9. The Morgan fingerprint density at radius 2 is 2.35 bits per heavy atom. The maximum Gasteiger partial charge on any atom is 0.274 e. The maximum atomic E-state index is 12.3. The number of thioether (sulfide) groups is 1. The summed E-state index contributed by atoms with van der Waals surface area (Å²) in [5.41, 5.74) is 6.73. The molecule has 1 atom stereocenters. The highest BCUT2D eigenvalue weighted by Gasteiger charge is 2.22. The summed E-state index contributed by atoms with van der Waals surface area (Å²) in [6, 6.07) is 0.178. The topological polar surface area (TPSA) is 64.2 Å². The number of carbonyl (C=O) groups is 1. The third kappa shape index (κ3) is 2.94. The zero-order chi connectivity index (χ0) is 13.0. The molecule has 1 aromatic heterocycles. The molecule has 0 saturated carbocycles. The summed E-state index contributed by atoms with van der Waals surface area (Å²) in [6.07, 6.45) is 3.56. The van der Waals surface area contributed by atoms with E-state index in [4.69, 9.17) is 5.73 Å². The first-order chi connectivity index (χ1) is 8.02. The molecular formula is C11H20N4OS. The van der Waals surface area contributed by atoms with Crippen LogP contribution in [-0.4, -0.2) is 45.7 Å². The lowest BCUT2D eigenvalue weighted by atomic mass is 10.2. The van der Waals surface area contributed by atoms with Crippen molar-refractivity contribution < 1.29 is 4.79 Å². The highest BCUT2D eigenvalue weighted by molar-refractivity contribution is 7.98. The lowest BCUT2D eigenvalue weighted by Crippen LogP contribution is -2.38. The van der Waals surface area contributed by atoms with Crippen LogP contribution in [0.3, 0.4) is 0 Å². The van der Waals surface area contributed by atoms with Crippen LogP contribution in [0.5, 0.6) is 0 Å². The average molecular weight is 256 g/mol. The van der Waals surface area contributed by atoms with Crippen LogP contribution < -0.4 is 5.73 Å². The quantitative estimate of drug-likeness (QED) is 0.862. The second kappa shape index (κ2) is 5.95. The van der Waals surface area contributed by atoms with Gasteiger partial charge in [-0.25, -0.2) is 0 Å². The van der Waals surface area contributed by atoms with Crippen molar-refractivity contribution in [1.82, 2.24) is 14.7 Å². The van der Waals surface area contributed by atoms with Crippen molar-refractivity contribution >= 4 is 23.4 Å². The number of rotatable bonds is 5. The van der Waals surface area contributed by atoms with Crippen molar-refractivity contribution in [3.8, 4) is 0 Å². The zero-order valence-corrected chi connectivity index (χ0v) is 11.6. The summed E-state index contributed by atoms with van der Waals surface area (Å²) < 4.78 is 1.64. The monoisotopic (exact) mass is 256 g/mol. The number of hydrogen-bond donors (Lipinski definition) is 1. The van der Waals surface area contributed by atoms with Gasteiger partial charge in [0, 0.05) is 25.4 Å². The Bertz CT molecular complexity index is 391. The van der Waals surface area contributed by atoms with Gasteiger partial charge >= 0.3 is 0 Å². The number of aromatic nitrogens is 2. The summed E-state index contributed by atoms with van der Waals surface area (Å²) in [6.45, 7) is 4.61.